The van der Waals surface area contributed by atoms with Crippen LogP contribution in [0, 0.1) is 5.92 Å². The number of aromatic nitrogens is 2. The molecule has 3 aromatic rings. The molecule has 2 aromatic carbocycles. The Bertz CT molecular complexity index is 2040. The summed E-state index contributed by atoms with van der Waals surface area (Å²) in [5.74, 6) is 1.14. The standard InChI is InChI=1S/C41H50N10O5/c1-26-6-9-35(39(54)43-26)51-22-28-7-8-29(18-33(28)40(51)55)47-12-10-27(11-13-47)21-46-14-16-50(31(23-46)25-52)41(56)48-15-17-49-30(24-48)20-42-38-36(49)19-34(44-45-38)32-4-2-3-5-37(32)53/h2-5,7-8,18-19,27,30-31,35,52-53H,1,6,9-17,20-25H2,(H,42,45)(H,43,54)/t30-,31?,35?/m0/s1. The highest BCUT2D eigenvalue weighted by atomic mass is 16.3. The summed E-state index contributed by atoms with van der Waals surface area (Å²) in [6.45, 7) is 11.3. The monoisotopic (exact) mass is 762 g/mol. The van der Waals surface area contributed by atoms with Gasteiger partial charge in [0.2, 0.25) is 5.91 Å². The number of nitrogens with zero attached hydrogens (tertiary/aromatic N) is 8. The summed E-state index contributed by atoms with van der Waals surface area (Å²) in [5, 5.41) is 35.8. The normalized spacial score (nSPS) is 24.4. The van der Waals surface area contributed by atoms with E-state index >= 15 is 0 Å². The van der Waals surface area contributed by atoms with Crippen LogP contribution in [0.3, 0.4) is 0 Å². The molecule has 0 radical (unpaired) electrons. The Labute approximate surface area is 326 Å². The van der Waals surface area contributed by atoms with Crippen LogP contribution in [-0.2, 0) is 11.3 Å². The number of nitrogens with one attached hydrogen (secondary N) is 2. The Hall–Kier alpha value is -5.41. The molecule has 56 heavy (non-hydrogen) atoms. The SMILES string of the molecule is C=C1CCC(N2Cc3ccc(N4CCC(CN5CCN(C(=O)N6CCN7c8cc(-c9ccccc9O)nnc8NC[C@H]7C6)C(CO)C5)CC4)cc3C2=O)C(=O)N1. The fraction of sp³-hybridized carbons (Fsp3) is 0.488. The molecule has 4 saturated heterocycles. The van der Waals surface area contributed by atoms with Gasteiger partial charge in [0.1, 0.15) is 11.8 Å². The van der Waals surface area contributed by atoms with Gasteiger partial charge in [0.25, 0.3) is 5.91 Å². The number of rotatable bonds is 6. The highest BCUT2D eigenvalue weighted by Gasteiger charge is 2.40. The molecule has 1 aromatic heterocycles. The summed E-state index contributed by atoms with van der Waals surface area (Å²) in [6.07, 6.45) is 3.33. The van der Waals surface area contributed by atoms with Gasteiger partial charge >= 0.3 is 6.03 Å². The van der Waals surface area contributed by atoms with Crippen LogP contribution >= 0.6 is 0 Å². The zero-order valence-electron chi connectivity index (χ0n) is 31.6. The number of phenolic OH excluding ortho intramolecular Hbond substituents is 1. The van der Waals surface area contributed by atoms with Gasteiger partial charge in [0.15, 0.2) is 5.82 Å². The molecule has 0 aliphatic carbocycles. The van der Waals surface area contributed by atoms with Crippen molar-refractivity contribution >= 4 is 35.0 Å². The molecule has 9 rings (SSSR count). The lowest BCUT2D eigenvalue weighted by Crippen LogP contribution is -2.64. The number of hydrogen-bond acceptors (Lipinski definition) is 11. The number of aliphatic hydroxyl groups excluding tert-OH is 1. The van der Waals surface area contributed by atoms with E-state index in [2.05, 4.69) is 48.2 Å². The van der Waals surface area contributed by atoms with Gasteiger partial charge in [-0.05, 0) is 67.5 Å². The minimum atomic E-state index is -0.461. The second-order valence-corrected chi connectivity index (χ2v) is 16.1. The molecule has 294 valence electrons. The van der Waals surface area contributed by atoms with Crippen LogP contribution in [0.1, 0.15) is 41.6 Å². The first-order chi connectivity index (χ1) is 27.2. The molecule has 7 heterocycles. The van der Waals surface area contributed by atoms with E-state index < -0.39 is 6.04 Å². The Morgan fingerprint density at radius 2 is 1.75 bits per heavy atom. The zero-order chi connectivity index (χ0) is 38.5. The van der Waals surface area contributed by atoms with Crippen LogP contribution in [0.25, 0.3) is 11.3 Å². The van der Waals surface area contributed by atoms with Crippen LogP contribution in [0.2, 0.25) is 0 Å². The average Bonchev–Trinajstić information content (AvgIpc) is 3.55. The second-order valence-electron chi connectivity index (χ2n) is 16.1. The summed E-state index contributed by atoms with van der Waals surface area (Å²) in [7, 11) is 0. The summed E-state index contributed by atoms with van der Waals surface area (Å²) in [4.78, 5) is 52.6. The number of fused-ring (bicyclic) bond motifs is 4. The second kappa shape index (κ2) is 14.9. The molecule has 4 N–H and O–H groups in total. The van der Waals surface area contributed by atoms with E-state index in [1.165, 1.54) is 0 Å². The smallest absolute Gasteiger partial charge is 0.320 e. The Balaban J connectivity index is 0.766. The highest BCUT2D eigenvalue weighted by Crippen LogP contribution is 2.37. The van der Waals surface area contributed by atoms with Gasteiger partial charge in [-0.3, -0.25) is 14.5 Å². The molecule has 3 atom stereocenters. The Kier molecular flexibility index (Phi) is 9.65. The number of carbonyl (C=O) groups is 3. The average molecular weight is 763 g/mol. The van der Waals surface area contributed by atoms with Gasteiger partial charge in [0.05, 0.1) is 30.1 Å². The maximum atomic E-state index is 14.0. The van der Waals surface area contributed by atoms with Crippen molar-refractivity contribution in [1.82, 2.24) is 35.1 Å². The minimum Gasteiger partial charge on any atom is -0.507 e. The molecule has 0 bridgehead atoms. The van der Waals surface area contributed by atoms with Crippen LogP contribution in [0.4, 0.5) is 22.0 Å². The molecule has 2 unspecified atom stereocenters. The third kappa shape index (κ3) is 6.76. The number of piperidine rings is 2. The van der Waals surface area contributed by atoms with Crippen molar-refractivity contribution in [2.45, 2.75) is 50.4 Å². The lowest BCUT2D eigenvalue weighted by atomic mass is 9.94. The molecule has 0 saturated carbocycles. The quantitative estimate of drug-likeness (QED) is 0.292. The first kappa shape index (κ1) is 36.2. The van der Waals surface area contributed by atoms with Gasteiger partial charge < -0.3 is 45.3 Å². The summed E-state index contributed by atoms with van der Waals surface area (Å²) < 4.78 is 0. The van der Waals surface area contributed by atoms with E-state index in [1.54, 1.807) is 17.0 Å². The molecular formula is C41H50N10O5. The van der Waals surface area contributed by atoms with Crippen LogP contribution in [0.5, 0.6) is 5.75 Å². The van der Waals surface area contributed by atoms with E-state index in [4.69, 9.17) is 0 Å². The lowest BCUT2D eigenvalue weighted by Gasteiger charge is -2.48. The largest absolute Gasteiger partial charge is 0.507 e. The van der Waals surface area contributed by atoms with Crippen LogP contribution < -0.4 is 20.4 Å². The molecule has 0 spiro atoms. The van der Waals surface area contributed by atoms with E-state index in [0.717, 1.165) is 56.0 Å². The van der Waals surface area contributed by atoms with Crippen LogP contribution in [0.15, 0.2) is 60.8 Å². The highest BCUT2D eigenvalue weighted by molar-refractivity contribution is 6.02. The third-order valence-electron chi connectivity index (χ3n) is 12.7. The number of urea groups is 1. The molecule has 4 amide bonds. The Morgan fingerprint density at radius 1 is 0.911 bits per heavy atom. The van der Waals surface area contributed by atoms with Crippen molar-refractivity contribution in [1.29, 1.82) is 0 Å². The number of aromatic hydroxyl groups is 1. The lowest BCUT2D eigenvalue weighted by molar-refractivity contribution is -0.126. The topological polar surface area (TPSA) is 161 Å². The van der Waals surface area contributed by atoms with E-state index in [9.17, 15) is 24.6 Å². The van der Waals surface area contributed by atoms with Crippen molar-refractivity contribution in [3.63, 3.8) is 0 Å². The van der Waals surface area contributed by atoms with Crippen molar-refractivity contribution < 1.29 is 24.6 Å². The predicted octanol–water partition coefficient (Wildman–Crippen LogP) is 2.53. The summed E-state index contributed by atoms with van der Waals surface area (Å²) in [5.41, 5.74) is 5.56. The number of phenols is 1. The number of amides is 4. The molecule has 15 heteroatoms. The van der Waals surface area contributed by atoms with E-state index in [0.29, 0.717) is 92.9 Å². The van der Waals surface area contributed by atoms with Gasteiger partial charge in [0, 0.05) is 94.5 Å². The first-order valence-electron chi connectivity index (χ1n) is 20.0. The molecule has 6 aliphatic heterocycles. The summed E-state index contributed by atoms with van der Waals surface area (Å²) in [6, 6.07) is 14.5. The van der Waals surface area contributed by atoms with Crippen molar-refractivity contribution in [2.75, 3.05) is 87.2 Å². The number of piperazine rings is 2. The van der Waals surface area contributed by atoms with Gasteiger partial charge in [-0.25, -0.2) is 4.79 Å². The first-order valence-corrected chi connectivity index (χ1v) is 20.0. The van der Waals surface area contributed by atoms with Gasteiger partial charge in [-0.15, -0.1) is 10.2 Å². The maximum absolute atomic E-state index is 14.0. The van der Waals surface area contributed by atoms with Crippen molar-refractivity contribution in [2.24, 2.45) is 5.92 Å². The number of carbonyl (C=O) groups excluding carboxylic acids is 3. The predicted molar refractivity (Wildman–Crippen MR) is 211 cm³/mol. The fourth-order valence-electron chi connectivity index (χ4n) is 9.52. The van der Waals surface area contributed by atoms with E-state index in [-0.39, 0.29) is 42.3 Å². The van der Waals surface area contributed by atoms with Gasteiger partial charge in [-0.2, -0.15) is 0 Å². The number of benzene rings is 2. The molecule has 15 nitrogen and oxygen atoms in total. The van der Waals surface area contributed by atoms with E-state index in [1.807, 2.05) is 40.1 Å². The minimum absolute atomic E-state index is 0.0194. The van der Waals surface area contributed by atoms with Crippen LogP contribution in [-0.4, -0.2) is 148 Å². The zero-order valence-corrected chi connectivity index (χ0v) is 31.6. The number of aliphatic hydroxyl groups is 1. The van der Waals surface area contributed by atoms with Gasteiger partial charge in [-0.1, -0.05) is 24.8 Å². The molecule has 6 aliphatic rings. The Morgan fingerprint density at radius 3 is 2.55 bits per heavy atom. The molecule has 4 fully saturated rings. The van der Waals surface area contributed by atoms with Crippen molar-refractivity contribution in [3.8, 4) is 17.0 Å². The maximum Gasteiger partial charge on any atom is 0.320 e. The fourth-order valence-corrected chi connectivity index (χ4v) is 9.52. The number of hydrogen-bond donors (Lipinski definition) is 4. The number of para-hydroxylation sites is 1. The number of anilines is 3. The van der Waals surface area contributed by atoms with Crippen molar-refractivity contribution in [3.05, 3.63) is 71.9 Å². The number of allylic oxidation sites excluding steroid dienone is 1. The third-order valence-corrected chi connectivity index (χ3v) is 12.7. The summed E-state index contributed by atoms with van der Waals surface area (Å²) >= 11 is 0. The molecular weight excluding hydrogens is 713 g/mol.